The number of aromatic nitrogens is 1. The van der Waals surface area contributed by atoms with Gasteiger partial charge in [-0.2, -0.15) is 0 Å². The first-order valence-corrected chi connectivity index (χ1v) is 10.5. The van der Waals surface area contributed by atoms with Crippen LogP contribution >= 0.6 is 0 Å². The molecular formula is C24H25N3O5. The number of pyridine rings is 1. The van der Waals surface area contributed by atoms with E-state index in [2.05, 4.69) is 10.3 Å². The lowest BCUT2D eigenvalue weighted by molar-refractivity contribution is 0.0540. The first-order chi connectivity index (χ1) is 15.5. The van der Waals surface area contributed by atoms with Crippen molar-refractivity contribution >= 4 is 17.6 Å². The monoisotopic (exact) mass is 435 g/mol. The van der Waals surface area contributed by atoms with Crippen LogP contribution in [0.4, 0.5) is 5.69 Å². The normalized spacial score (nSPS) is 14.2. The van der Waals surface area contributed by atoms with Gasteiger partial charge >= 0.3 is 5.97 Å². The molecule has 32 heavy (non-hydrogen) atoms. The number of piperidine rings is 1. The number of carbonyl (C=O) groups excluding carboxylic acids is 2. The topological polar surface area (TPSA) is 105 Å². The Morgan fingerprint density at radius 2 is 1.97 bits per heavy atom. The number of furan rings is 1. The Morgan fingerprint density at radius 3 is 2.75 bits per heavy atom. The maximum absolute atomic E-state index is 12.7. The van der Waals surface area contributed by atoms with Crippen LogP contribution in [0.2, 0.25) is 0 Å². The molecule has 0 bridgehead atoms. The quantitative estimate of drug-likeness (QED) is 0.572. The van der Waals surface area contributed by atoms with E-state index < -0.39 is 5.97 Å². The summed E-state index contributed by atoms with van der Waals surface area (Å²) < 4.78 is 10.8. The summed E-state index contributed by atoms with van der Waals surface area (Å²) in [6.07, 6.45) is 2.43. The lowest BCUT2D eigenvalue weighted by atomic mass is 10.1. The van der Waals surface area contributed by atoms with Gasteiger partial charge in [0, 0.05) is 30.5 Å². The minimum absolute atomic E-state index is 0.139. The van der Waals surface area contributed by atoms with Crippen molar-refractivity contribution in [1.82, 2.24) is 9.88 Å². The molecule has 3 aromatic rings. The molecule has 1 aliphatic heterocycles. The number of hydrogen-bond acceptors (Lipinski definition) is 7. The van der Waals surface area contributed by atoms with Crippen LogP contribution in [0.15, 0.2) is 59.1 Å². The van der Waals surface area contributed by atoms with Gasteiger partial charge < -0.3 is 24.5 Å². The molecule has 1 aromatic carbocycles. The third kappa shape index (κ3) is 4.81. The molecule has 1 saturated heterocycles. The van der Waals surface area contributed by atoms with Crippen molar-refractivity contribution in [2.24, 2.45) is 0 Å². The summed E-state index contributed by atoms with van der Waals surface area (Å²) in [6.45, 7) is 1.46. The molecule has 1 amide bonds. The fourth-order valence-electron chi connectivity index (χ4n) is 3.68. The molecule has 8 heteroatoms. The first kappa shape index (κ1) is 21.6. The molecule has 2 N–H and O–H groups in total. The van der Waals surface area contributed by atoms with E-state index in [1.807, 2.05) is 24.3 Å². The molecular weight excluding hydrogens is 410 g/mol. The smallest absolute Gasteiger partial charge is 0.338 e. The van der Waals surface area contributed by atoms with Crippen LogP contribution in [-0.2, 0) is 11.3 Å². The van der Waals surface area contributed by atoms with Gasteiger partial charge in [-0.3, -0.25) is 9.78 Å². The Balaban J connectivity index is 1.42. The van der Waals surface area contributed by atoms with Crippen LogP contribution < -0.4 is 5.32 Å². The zero-order valence-corrected chi connectivity index (χ0v) is 17.8. The van der Waals surface area contributed by atoms with Crippen LogP contribution in [0.1, 0.15) is 39.4 Å². The van der Waals surface area contributed by atoms with Crippen LogP contribution in [0, 0.1) is 0 Å². The highest BCUT2D eigenvalue weighted by molar-refractivity contribution is 5.96. The van der Waals surface area contributed by atoms with Crippen LogP contribution in [0.5, 0.6) is 0 Å². The molecule has 4 rings (SSSR count). The Kier molecular flexibility index (Phi) is 6.51. The molecule has 0 atom stereocenters. The number of rotatable bonds is 6. The van der Waals surface area contributed by atoms with Gasteiger partial charge in [0.2, 0.25) is 0 Å². The van der Waals surface area contributed by atoms with Crippen LogP contribution in [0.3, 0.4) is 0 Å². The molecule has 1 fully saturated rings. The molecule has 0 radical (unpaired) electrons. The molecule has 0 unspecified atom stereocenters. The largest absolute Gasteiger partial charge is 0.465 e. The number of benzene rings is 1. The summed E-state index contributed by atoms with van der Waals surface area (Å²) in [7, 11) is 1.35. The summed E-state index contributed by atoms with van der Waals surface area (Å²) in [4.78, 5) is 30.6. The van der Waals surface area contributed by atoms with Gasteiger partial charge in [-0.25, -0.2) is 4.79 Å². The van der Waals surface area contributed by atoms with E-state index in [-0.39, 0.29) is 12.0 Å². The Bertz CT molecular complexity index is 1100. The number of nitrogens with one attached hydrogen (secondary N) is 1. The molecule has 3 heterocycles. The Morgan fingerprint density at radius 1 is 1.19 bits per heavy atom. The zero-order valence-electron chi connectivity index (χ0n) is 17.8. The van der Waals surface area contributed by atoms with E-state index in [9.17, 15) is 14.7 Å². The van der Waals surface area contributed by atoms with E-state index >= 15 is 0 Å². The second kappa shape index (κ2) is 9.65. The Labute approximate surface area is 185 Å². The summed E-state index contributed by atoms with van der Waals surface area (Å²) in [5.74, 6) is 0.684. The molecule has 8 nitrogen and oxygen atoms in total. The maximum atomic E-state index is 12.7. The fourth-order valence-corrected chi connectivity index (χ4v) is 3.68. The van der Waals surface area contributed by atoms with E-state index in [0.717, 1.165) is 5.69 Å². The number of likely N-dealkylation sites (tertiary alicyclic amines) is 1. The third-order valence-corrected chi connectivity index (χ3v) is 5.46. The summed E-state index contributed by atoms with van der Waals surface area (Å²) in [5.41, 5.74) is 2.20. The maximum Gasteiger partial charge on any atom is 0.338 e. The highest BCUT2D eigenvalue weighted by Gasteiger charge is 2.23. The third-order valence-electron chi connectivity index (χ3n) is 5.46. The zero-order chi connectivity index (χ0) is 22.5. The van der Waals surface area contributed by atoms with Crippen molar-refractivity contribution in [2.75, 3.05) is 25.5 Å². The number of aliphatic hydroxyl groups excluding tert-OH is 1. The second-order valence-electron chi connectivity index (χ2n) is 7.61. The SMILES string of the molecule is COC(=O)c1ccccc1-c1ccc(CNc2ccnc(C(=O)N3CCC(O)CC3)c2)o1. The van der Waals surface area contributed by atoms with E-state index in [1.54, 1.807) is 35.4 Å². The number of anilines is 1. The van der Waals surface area contributed by atoms with Crippen LogP contribution in [0.25, 0.3) is 11.3 Å². The van der Waals surface area contributed by atoms with Crippen molar-refractivity contribution < 1.29 is 23.8 Å². The van der Waals surface area contributed by atoms with Crippen molar-refractivity contribution in [1.29, 1.82) is 0 Å². The number of nitrogens with zero attached hydrogens (tertiary/aromatic N) is 2. The minimum atomic E-state index is -0.422. The summed E-state index contributed by atoms with van der Waals surface area (Å²) >= 11 is 0. The van der Waals surface area contributed by atoms with Crippen molar-refractivity contribution in [3.63, 3.8) is 0 Å². The van der Waals surface area contributed by atoms with Gasteiger partial charge in [-0.15, -0.1) is 0 Å². The molecule has 166 valence electrons. The highest BCUT2D eigenvalue weighted by Crippen LogP contribution is 2.27. The van der Waals surface area contributed by atoms with Gasteiger partial charge in [0.25, 0.3) is 5.91 Å². The van der Waals surface area contributed by atoms with Crippen molar-refractivity contribution in [3.05, 3.63) is 71.7 Å². The number of hydrogen-bond donors (Lipinski definition) is 2. The van der Waals surface area contributed by atoms with E-state index in [1.165, 1.54) is 7.11 Å². The average Bonchev–Trinajstić information content (AvgIpc) is 3.31. The number of carbonyl (C=O) groups is 2. The minimum Gasteiger partial charge on any atom is -0.465 e. The Hall–Kier alpha value is -3.65. The number of ether oxygens (including phenoxy) is 1. The standard InChI is InChI=1S/C24H25N3O5/c1-31-24(30)20-5-3-2-4-19(20)22-7-6-18(32-22)15-26-16-8-11-25-21(14-16)23(29)27-12-9-17(28)10-13-27/h2-8,11,14,17,28H,9-10,12-13,15H2,1H3,(H,25,26). The van der Waals surface area contributed by atoms with E-state index in [0.29, 0.717) is 60.8 Å². The second-order valence-corrected chi connectivity index (χ2v) is 7.61. The number of esters is 1. The molecule has 1 aliphatic rings. The molecule has 0 spiro atoms. The van der Waals surface area contributed by atoms with Crippen LogP contribution in [-0.4, -0.2) is 53.2 Å². The van der Waals surface area contributed by atoms with Gasteiger partial charge in [-0.1, -0.05) is 18.2 Å². The number of aliphatic hydroxyl groups is 1. The first-order valence-electron chi connectivity index (χ1n) is 10.5. The fraction of sp³-hybridized carbons (Fsp3) is 0.292. The molecule has 0 aliphatic carbocycles. The highest BCUT2D eigenvalue weighted by atomic mass is 16.5. The van der Waals surface area contributed by atoms with Gasteiger partial charge in [0.1, 0.15) is 17.2 Å². The number of methoxy groups -OCH3 is 1. The predicted octanol–water partition coefficient (Wildman–Crippen LogP) is 3.34. The summed E-state index contributed by atoms with van der Waals surface area (Å²) in [5, 5.41) is 12.9. The van der Waals surface area contributed by atoms with Gasteiger partial charge in [0.05, 0.1) is 25.3 Å². The summed E-state index contributed by atoms with van der Waals surface area (Å²) in [6, 6.07) is 14.3. The van der Waals surface area contributed by atoms with E-state index in [4.69, 9.17) is 9.15 Å². The number of amides is 1. The van der Waals surface area contributed by atoms with Gasteiger partial charge in [-0.05, 0) is 43.2 Å². The lowest BCUT2D eigenvalue weighted by Gasteiger charge is -2.29. The lowest BCUT2D eigenvalue weighted by Crippen LogP contribution is -2.40. The predicted molar refractivity (Wildman–Crippen MR) is 118 cm³/mol. The van der Waals surface area contributed by atoms with Crippen molar-refractivity contribution in [3.8, 4) is 11.3 Å². The average molecular weight is 435 g/mol. The van der Waals surface area contributed by atoms with Crippen molar-refractivity contribution in [2.45, 2.75) is 25.5 Å². The molecule has 2 aromatic heterocycles. The molecule has 0 saturated carbocycles. The van der Waals surface area contributed by atoms with Gasteiger partial charge in [0.15, 0.2) is 0 Å².